The molecule has 18 heavy (non-hydrogen) atoms. The second-order valence-corrected chi connectivity index (χ2v) is 7.64. The molecule has 4 heteroatoms. The minimum atomic E-state index is 0.589. The predicted octanol–water partition coefficient (Wildman–Crippen LogP) is 4.09. The highest BCUT2D eigenvalue weighted by Crippen LogP contribution is 2.44. The van der Waals surface area contributed by atoms with E-state index in [1.165, 1.54) is 55.0 Å². The topological polar surface area (TPSA) is 24.9 Å². The van der Waals surface area contributed by atoms with Gasteiger partial charge in [-0.15, -0.1) is 11.3 Å². The molecule has 2 unspecified atom stereocenters. The average Bonchev–Trinajstić information content (AvgIpc) is 3.03. The van der Waals surface area contributed by atoms with E-state index in [0.717, 1.165) is 6.54 Å². The quantitative estimate of drug-likeness (QED) is 0.900. The van der Waals surface area contributed by atoms with Crippen LogP contribution in [0.4, 0.5) is 0 Å². The average molecular weight is 282 g/mol. The predicted molar refractivity (Wildman–Crippen MR) is 80.5 cm³/mol. The summed E-state index contributed by atoms with van der Waals surface area (Å²) in [4.78, 5) is 6.50. The molecule has 1 saturated heterocycles. The van der Waals surface area contributed by atoms with E-state index >= 15 is 0 Å². The molecule has 0 aromatic carbocycles. The third-order valence-corrected chi connectivity index (χ3v) is 6.67. The van der Waals surface area contributed by atoms with Crippen LogP contribution in [-0.2, 0) is 6.42 Å². The summed E-state index contributed by atoms with van der Waals surface area (Å²) in [5, 5.41) is 5.81. The number of hydrogen-bond acceptors (Lipinski definition) is 4. The molecule has 1 aromatic heterocycles. The summed E-state index contributed by atoms with van der Waals surface area (Å²) in [6.45, 7) is 3.37. The van der Waals surface area contributed by atoms with Crippen LogP contribution in [0, 0.1) is 0 Å². The highest BCUT2D eigenvalue weighted by molar-refractivity contribution is 7.99. The summed E-state index contributed by atoms with van der Waals surface area (Å²) < 4.78 is 0. The normalized spacial score (nSPS) is 27.4. The molecule has 2 heterocycles. The summed E-state index contributed by atoms with van der Waals surface area (Å²) >= 11 is 4.10. The zero-order valence-electron chi connectivity index (χ0n) is 11.1. The molecule has 1 aliphatic heterocycles. The van der Waals surface area contributed by atoms with E-state index < -0.39 is 0 Å². The number of nitrogens with one attached hydrogen (secondary N) is 1. The molecular formula is C14H22N2S2. The van der Waals surface area contributed by atoms with E-state index in [1.54, 1.807) is 4.88 Å². The van der Waals surface area contributed by atoms with Crippen LogP contribution in [0.25, 0.3) is 0 Å². The van der Waals surface area contributed by atoms with Gasteiger partial charge in [0.1, 0.15) is 5.01 Å². The molecule has 2 nitrogen and oxygen atoms in total. The Kier molecular flexibility index (Phi) is 4.27. The first kappa shape index (κ1) is 12.9. The van der Waals surface area contributed by atoms with Gasteiger partial charge in [-0.05, 0) is 50.8 Å². The van der Waals surface area contributed by atoms with E-state index in [1.807, 2.05) is 11.3 Å². The van der Waals surface area contributed by atoms with Crippen molar-refractivity contribution in [1.29, 1.82) is 0 Å². The zero-order valence-corrected chi connectivity index (χ0v) is 12.7. The molecule has 1 aromatic rings. The highest BCUT2D eigenvalue weighted by Gasteiger charge is 2.28. The number of aromatic nitrogens is 1. The molecule has 2 atom stereocenters. The fourth-order valence-corrected chi connectivity index (χ4v) is 5.60. The fourth-order valence-electron chi connectivity index (χ4n) is 2.86. The van der Waals surface area contributed by atoms with E-state index in [2.05, 4.69) is 24.0 Å². The molecule has 2 aliphatic rings. The monoisotopic (exact) mass is 282 g/mol. The van der Waals surface area contributed by atoms with E-state index in [4.69, 9.17) is 4.98 Å². The summed E-state index contributed by atoms with van der Waals surface area (Å²) in [7, 11) is 0. The van der Waals surface area contributed by atoms with Crippen molar-refractivity contribution in [2.24, 2.45) is 0 Å². The lowest BCUT2D eigenvalue weighted by Crippen LogP contribution is -2.24. The molecule has 3 rings (SSSR count). The second kappa shape index (κ2) is 5.93. The minimum absolute atomic E-state index is 0.589. The number of fused-ring (bicyclic) bond motifs is 1. The number of nitrogens with zero attached hydrogens (tertiary/aromatic N) is 1. The number of thioether (sulfide) groups is 1. The lowest BCUT2D eigenvalue weighted by Gasteiger charge is -2.22. The molecule has 0 bridgehead atoms. The third-order valence-electron chi connectivity index (χ3n) is 3.81. The van der Waals surface area contributed by atoms with Gasteiger partial charge in [0.05, 0.1) is 10.9 Å². The van der Waals surface area contributed by atoms with E-state index in [0.29, 0.717) is 11.3 Å². The van der Waals surface area contributed by atoms with Gasteiger partial charge in [-0.2, -0.15) is 11.8 Å². The van der Waals surface area contributed by atoms with Crippen molar-refractivity contribution in [1.82, 2.24) is 10.3 Å². The first-order chi connectivity index (χ1) is 8.88. The zero-order chi connectivity index (χ0) is 12.4. The van der Waals surface area contributed by atoms with Crippen molar-refractivity contribution >= 4 is 23.1 Å². The van der Waals surface area contributed by atoms with Crippen molar-refractivity contribution in [2.45, 2.75) is 56.7 Å². The van der Waals surface area contributed by atoms with Crippen LogP contribution in [0.1, 0.15) is 65.9 Å². The van der Waals surface area contributed by atoms with Crippen LogP contribution in [-0.4, -0.2) is 17.3 Å². The first-order valence-electron chi connectivity index (χ1n) is 7.23. The Morgan fingerprint density at radius 1 is 1.33 bits per heavy atom. The van der Waals surface area contributed by atoms with Gasteiger partial charge < -0.3 is 5.32 Å². The highest BCUT2D eigenvalue weighted by atomic mass is 32.2. The Morgan fingerprint density at radius 2 is 2.28 bits per heavy atom. The molecule has 0 radical (unpaired) electrons. The van der Waals surface area contributed by atoms with Gasteiger partial charge in [-0.25, -0.2) is 4.98 Å². The first-order valence-corrected chi connectivity index (χ1v) is 9.09. The number of rotatable bonds is 4. The standard InChI is InChI=1S/C14H22N2S2/c1-2-8-15-10-5-3-6-11-13(10)18-14(16-11)12-7-4-9-17-12/h10,12,15H,2-9H2,1H3. The lowest BCUT2D eigenvalue weighted by molar-refractivity contribution is 0.464. The van der Waals surface area contributed by atoms with Crippen LogP contribution in [0.3, 0.4) is 0 Å². The Balaban J connectivity index is 1.78. The van der Waals surface area contributed by atoms with E-state index in [-0.39, 0.29) is 0 Å². The van der Waals surface area contributed by atoms with Gasteiger partial charge in [0.15, 0.2) is 0 Å². The van der Waals surface area contributed by atoms with Gasteiger partial charge in [0, 0.05) is 10.9 Å². The Bertz CT molecular complexity index is 396. The number of aryl methyl sites for hydroxylation is 1. The summed E-state index contributed by atoms with van der Waals surface area (Å²) in [6, 6.07) is 0.589. The van der Waals surface area contributed by atoms with Crippen molar-refractivity contribution in [2.75, 3.05) is 12.3 Å². The van der Waals surface area contributed by atoms with Crippen molar-refractivity contribution in [3.63, 3.8) is 0 Å². The second-order valence-electron chi connectivity index (χ2n) is 5.26. The molecule has 100 valence electrons. The summed E-state index contributed by atoms with van der Waals surface area (Å²) in [5.74, 6) is 1.33. The van der Waals surface area contributed by atoms with Gasteiger partial charge >= 0.3 is 0 Å². The number of hydrogen-bond donors (Lipinski definition) is 1. The van der Waals surface area contributed by atoms with Crippen molar-refractivity contribution in [3.8, 4) is 0 Å². The smallest absolute Gasteiger partial charge is 0.106 e. The SMILES string of the molecule is CCCNC1CCCc2nc(C3CCCS3)sc21. The van der Waals surface area contributed by atoms with Crippen molar-refractivity contribution in [3.05, 3.63) is 15.6 Å². The number of thiazole rings is 1. The fraction of sp³-hybridized carbons (Fsp3) is 0.786. The third kappa shape index (κ3) is 2.61. The Hall–Kier alpha value is -0.0600. The molecule has 1 aliphatic carbocycles. The summed E-state index contributed by atoms with van der Waals surface area (Å²) in [5.41, 5.74) is 1.40. The molecular weight excluding hydrogens is 260 g/mol. The molecule has 1 N–H and O–H groups in total. The van der Waals surface area contributed by atoms with Gasteiger partial charge in [-0.3, -0.25) is 0 Å². The van der Waals surface area contributed by atoms with Gasteiger partial charge in [-0.1, -0.05) is 6.92 Å². The van der Waals surface area contributed by atoms with Crippen LogP contribution < -0.4 is 5.32 Å². The van der Waals surface area contributed by atoms with Crippen LogP contribution >= 0.6 is 23.1 Å². The Morgan fingerprint density at radius 3 is 3.06 bits per heavy atom. The van der Waals surface area contributed by atoms with Gasteiger partial charge in [0.25, 0.3) is 0 Å². The molecule has 0 saturated carbocycles. The lowest BCUT2D eigenvalue weighted by atomic mass is 9.98. The van der Waals surface area contributed by atoms with Gasteiger partial charge in [0.2, 0.25) is 0 Å². The molecule has 1 fully saturated rings. The summed E-state index contributed by atoms with van der Waals surface area (Å²) in [6.07, 6.45) is 7.73. The van der Waals surface area contributed by atoms with E-state index in [9.17, 15) is 0 Å². The van der Waals surface area contributed by atoms with Crippen LogP contribution in [0.2, 0.25) is 0 Å². The molecule has 0 amide bonds. The van der Waals surface area contributed by atoms with Crippen LogP contribution in [0.15, 0.2) is 0 Å². The maximum absolute atomic E-state index is 4.95. The maximum atomic E-state index is 4.95. The minimum Gasteiger partial charge on any atom is -0.309 e. The molecule has 0 spiro atoms. The Labute approximate surface area is 118 Å². The largest absolute Gasteiger partial charge is 0.309 e. The van der Waals surface area contributed by atoms with Crippen molar-refractivity contribution < 1.29 is 0 Å². The maximum Gasteiger partial charge on any atom is 0.106 e. The van der Waals surface area contributed by atoms with Crippen LogP contribution in [0.5, 0.6) is 0 Å².